The lowest BCUT2D eigenvalue weighted by molar-refractivity contribution is 0.244. The van der Waals surface area contributed by atoms with Crippen molar-refractivity contribution in [1.29, 1.82) is 0 Å². The second kappa shape index (κ2) is 6.48. The lowest BCUT2D eigenvalue weighted by Gasteiger charge is -2.24. The molecule has 0 bridgehead atoms. The molecule has 2 heterocycles. The second-order valence-corrected chi connectivity index (χ2v) is 6.97. The van der Waals surface area contributed by atoms with Crippen LogP contribution in [0.4, 0.5) is 5.82 Å². The van der Waals surface area contributed by atoms with E-state index in [2.05, 4.69) is 25.9 Å². The molecule has 1 aromatic heterocycles. The standard InChI is InChI=1S/C15H24BrN3O/c16-13-14(12-5-3-1-2-4-6-12)18-19-10-11(7-8-20)9-17-15(13)19/h11-12,17,20H,1-10H2. The quantitative estimate of drug-likeness (QED) is 0.827. The number of nitrogens with zero attached hydrogens (tertiary/aromatic N) is 2. The molecule has 1 aromatic rings. The largest absolute Gasteiger partial charge is 0.396 e. The third kappa shape index (κ3) is 2.89. The van der Waals surface area contributed by atoms with E-state index in [1.165, 1.54) is 48.7 Å². The number of aliphatic hydroxyl groups excluding tert-OH is 1. The van der Waals surface area contributed by atoms with Gasteiger partial charge in [-0.15, -0.1) is 0 Å². The van der Waals surface area contributed by atoms with Crippen LogP contribution in [0.25, 0.3) is 0 Å². The Kier molecular flexibility index (Phi) is 4.66. The summed E-state index contributed by atoms with van der Waals surface area (Å²) in [4.78, 5) is 0. The van der Waals surface area contributed by atoms with Crippen LogP contribution in [0.15, 0.2) is 4.47 Å². The van der Waals surface area contributed by atoms with Gasteiger partial charge < -0.3 is 10.4 Å². The number of hydrogen-bond donors (Lipinski definition) is 2. The average molecular weight is 342 g/mol. The summed E-state index contributed by atoms with van der Waals surface area (Å²) in [6.07, 6.45) is 8.81. The summed E-state index contributed by atoms with van der Waals surface area (Å²) in [5.41, 5.74) is 1.25. The Morgan fingerprint density at radius 2 is 2.00 bits per heavy atom. The Morgan fingerprint density at radius 3 is 2.70 bits per heavy atom. The van der Waals surface area contributed by atoms with Crippen LogP contribution in [0.3, 0.4) is 0 Å². The van der Waals surface area contributed by atoms with E-state index in [4.69, 9.17) is 10.2 Å². The van der Waals surface area contributed by atoms with Gasteiger partial charge in [-0.3, -0.25) is 0 Å². The van der Waals surface area contributed by atoms with Gasteiger partial charge in [0.05, 0.1) is 10.2 Å². The first-order valence-corrected chi connectivity index (χ1v) is 8.70. The third-order valence-electron chi connectivity index (χ3n) is 4.69. The van der Waals surface area contributed by atoms with E-state index in [0.29, 0.717) is 11.8 Å². The zero-order chi connectivity index (χ0) is 13.9. The molecule has 2 aliphatic rings. The van der Waals surface area contributed by atoms with Gasteiger partial charge in [0.2, 0.25) is 0 Å². The minimum Gasteiger partial charge on any atom is -0.396 e. The molecule has 1 saturated carbocycles. The van der Waals surface area contributed by atoms with Gasteiger partial charge in [0.1, 0.15) is 5.82 Å². The van der Waals surface area contributed by atoms with Crippen LogP contribution in [-0.2, 0) is 6.54 Å². The summed E-state index contributed by atoms with van der Waals surface area (Å²) in [5.74, 6) is 2.24. The van der Waals surface area contributed by atoms with Gasteiger partial charge in [-0.05, 0) is 41.1 Å². The van der Waals surface area contributed by atoms with Crippen LogP contribution >= 0.6 is 15.9 Å². The molecule has 0 spiro atoms. The zero-order valence-electron chi connectivity index (χ0n) is 11.9. The van der Waals surface area contributed by atoms with Crippen molar-refractivity contribution in [1.82, 2.24) is 9.78 Å². The first-order chi connectivity index (χ1) is 9.79. The van der Waals surface area contributed by atoms with Crippen LogP contribution in [0, 0.1) is 5.92 Å². The summed E-state index contributed by atoms with van der Waals surface area (Å²) in [7, 11) is 0. The molecular weight excluding hydrogens is 318 g/mol. The molecule has 1 atom stereocenters. The van der Waals surface area contributed by atoms with Crippen LogP contribution in [0.5, 0.6) is 0 Å². The van der Waals surface area contributed by atoms with Gasteiger partial charge in [-0.1, -0.05) is 25.7 Å². The molecule has 20 heavy (non-hydrogen) atoms. The first-order valence-electron chi connectivity index (χ1n) is 7.90. The summed E-state index contributed by atoms with van der Waals surface area (Å²) < 4.78 is 3.28. The van der Waals surface area contributed by atoms with Crippen molar-refractivity contribution >= 4 is 21.7 Å². The predicted molar refractivity (Wildman–Crippen MR) is 84.1 cm³/mol. The molecule has 112 valence electrons. The third-order valence-corrected chi connectivity index (χ3v) is 5.47. The highest BCUT2D eigenvalue weighted by atomic mass is 79.9. The Balaban J connectivity index is 1.80. The molecule has 5 heteroatoms. The van der Waals surface area contributed by atoms with Crippen molar-refractivity contribution in [3.05, 3.63) is 10.2 Å². The van der Waals surface area contributed by atoms with Crippen molar-refractivity contribution in [2.24, 2.45) is 5.92 Å². The molecule has 0 saturated heterocycles. The molecule has 2 N–H and O–H groups in total. The SMILES string of the molecule is OCCC1CNc2c(Br)c(C3CCCCCC3)nn2C1. The molecular formula is C15H24BrN3O. The summed E-state index contributed by atoms with van der Waals surface area (Å²) in [6, 6.07) is 0. The minimum atomic E-state index is 0.263. The van der Waals surface area contributed by atoms with Gasteiger partial charge in [0.25, 0.3) is 0 Å². The predicted octanol–water partition coefficient (Wildman–Crippen LogP) is 3.51. The normalized spacial score (nSPS) is 24.0. The molecule has 0 aromatic carbocycles. The monoisotopic (exact) mass is 341 g/mol. The highest BCUT2D eigenvalue weighted by Crippen LogP contribution is 2.39. The topological polar surface area (TPSA) is 50.1 Å². The number of halogens is 1. The van der Waals surface area contributed by atoms with E-state index in [1.807, 2.05) is 0 Å². The van der Waals surface area contributed by atoms with Crippen molar-refractivity contribution in [3.63, 3.8) is 0 Å². The Hall–Kier alpha value is -0.550. The fourth-order valence-electron chi connectivity index (χ4n) is 3.50. The van der Waals surface area contributed by atoms with Gasteiger partial charge in [-0.25, -0.2) is 4.68 Å². The number of nitrogens with one attached hydrogen (secondary N) is 1. The van der Waals surface area contributed by atoms with Gasteiger partial charge >= 0.3 is 0 Å². The number of aliphatic hydroxyl groups is 1. The second-order valence-electron chi connectivity index (χ2n) is 6.18. The van der Waals surface area contributed by atoms with E-state index in [0.717, 1.165) is 25.3 Å². The van der Waals surface area contributed by atoms with Gasteiger partial charge in [0.15, 0.2) is 0 Å². The highest BCUT2D eigenvalue weighted by Gasteiger charge is 2.27. The number of rotatable bonds is 3. The minimum absolute atomic E-state index is 0.263. The van der Waals surface area contributed by atoms with E-state index in [-0.39, 0.29) is 6.61 Å². The maximum Gasteiger partial charge on any atom is 0.139 e. The Bertz CT molecular complexity index is 452. The molecule has 1 aliphatic heterocycles. The molecule has 0 radical (unpaired) electrons. The van der Waals surface area contributed by atoms with Gasteiger partial charge in [0, 0.05) is 25.6 Å². The number of anilines is 1. The van der Waals surface area contributed by atoms with E-state index >= 15 is 0 Å². The smallest absolute Gasteiger partial charge is 0.139 e. The lowest BCUT2D eigenvalue weighted by Crippen LogP contribution is -2.28. The first kappa shape index (κ1) is 14.4. The number of hydrogen-bond acceptors (Lipinski definition) is 3. The summed E-state index contributed by atoms with van der Waals surface area (Å²) in [5, 5.41) is 17.5. The molecule has 3 rings (SSSR count). The Morgan fingerprint density at radius 1 is 1.25 bits per heavy atom. The maximum absolute atomic E-state index is 9.09. The van der Waals surface area contributed by atoms with Crippen molar-refractivity contribution < 1.29 is 5.11 Å². The van der Waals surface area contributed by atoms with Gasteiger partial charge in [-0.2, -0.15) is 5.10 Å². The van der Waals surface area contributed by atoms with Crippen LogP contribution in [-0.4, -0.2) is 28.0 Å². The van der Waals surface area contributed by atoms with E-state index in [1.54, 1.807) is 0 Å². The van der Waals surface area contributed by atoms with E-state index < -0.39 is 0 Å². The molecule has 4 nitrogen and oxygen atoms in total. The average Bonchev–Trinajstić information content (AvgIpc) is 2.66. The fourth-order valence-corrected chi connectivity index (χ4v) is 4.25. The summed E-state index contributed by atoms with van der Waals surface area (Å²) in [6.45, 7) is 2.13. The van der Waals surface area contributed by atoms with Crippen molar-refractivity contribution in [2.75, 3.05) is 18.5 Å². The summed E-state index contributed by atoms with van der Waals surface area (Å²) >= 11 is 3.76. The molecule has 1 unspecified atom stereocenters. The van der Waals surface area contributed by atoms with Crippen LogP contribution < -0.4 is 5.32 Å². The fraction of sp³-hybridized carbons (Fsp3) is 0.800. The zero-order valence-corrected chi connectivity index (χ0v) is 13.5. The molecule has 1 fully saturated rings. The Labute approximate surface area is 129 Å². The van der Waals surface area contributed by atoms with Crippen LogP contribution in [0.1, 0.15) is 56.6 Å². The number of aromatic nitrogens is 2. The number of fused-ring (bicyclic) bond motifs is 1. The lowest BCUT2D eigenvalue weighted by atomic mass is 9.97. The maximum atomic E-state index is 9.09. The highest BCUT2D eigenvalue weighted by molar-refractivity contribution is 9.10. The van der Waals surface area contributed by atoms with Crippen LogP contribution in [0.2, 0.25) is 0 Å². The van der Waals surface area contributed by atoms with Crippen molar-refractivity contribution in [3.8, 4) is 0 Å². The van der Waals surface area contributed by atoms with E-state index in [9.17, 15) is 0 Å². The molecule has 1 aliphatic carbocycles. The molecule has 0 amide bonds. The van der Waals surface area contributed by atoms with Crippen molar-refractivity contribution in [2.45, 2.75) is 57.4 Å².